The van der Waals surface area contributed by atoms with E-state index in [1.54, 1.807) is 54.6 Å². The molecule has 0 bridgehead atoms. The number of anilines is 2. The molecular formula is C52H47N6O6-. The van der Waals surface area contributed by atoms with Gasteiger partial charge in [-0.25, -0.2) is 0 Å². The van der Waals surface area contributed by atoms with Crippen molar-refractivity contribution in [1.82, 2.24) is 0 Å². The summed E-state index contributed by atoms with van der Waals surface area (Å²) in [5.41, 5.74) is 3.64. The maximum atomic E-state index is 13.3. The predicted molar refractivity (Wildman–Crippen MR) is 243 cm³/mol. The summed E-state index contributed by atoms with van der Waals surface area (Å²) in [5, 5.41) is 55.2. The second kappa shape index (κ2) is 21.2. The number of ketones is 1. The van der Waals surface area contributed by atoms with E-state index in [4.69, 9.17) is 9.47 Å². The lowest BCUT2D eigenvalue weighted by Crippen LogP contribution is -2.35. The first kappa shape index (κ1) is 45.6. The molecular weight excluding hydrogens is 805 g/mol. The number of nitriles is 4. The monoisotopic (exact) mass is 851 g/mol. The van der Waals surface area contributed by atoms with E-state index in [2.05, 4.69) is 18.7 Å². The van der Waals surface area contributed by atoms with E-state index < -0.39 is 17.9 Å². The molecule has 0 aliphatic heterocycles. The van der Waals surface area contributed by atoms with Gasteiger partial charge in [-0.3, -0.25) is 14.4 Å². The molecule has 0 aromatic heterocycles. The number of carbonyl (C=O) groups is 3. The molecule has 1 aliphatic rings. The Labute approximate surface area is 372 Å². The van der Waals surface area contributed by atoms with Crippen LogP contribution in [0.2, 0.25) is 0 Å². The van der Waals surface area contributed by atoms with E-state index in [-0.39, 0.29) is 54.3 Å². The molecule has 5 aromatic carbocycles. The number of esters is 2. The van der Waals surface area contributed by atoms with Crippen LogP contribution in [0.5, 0.6) is 0 Å². The molecule has 0 fully saturated rings. The van der Waals surface area contributed by atoms with Crippen molar-refractivity contribution in [2.45, 2.75) is 64.9 Å². The molecule has 1 atom stereocenters. The second-order valence-corrected chi connectivity index (χ2v) is 15.5. The van der Waals surface area contributed by atoms with Gasteiger partial charge in [0.2, 0.25) is 0 Å². The van der Waals surface area contributed by atoms with Gasteiger partial charge < -0.3 is 24.4 Å². The summed E-state index contributed by atoms with van der Waals surface area (Å²) in [5.74, 6) is -2.43. The van der Waals surface area contributed by atoms with E-state index >= 15 is 0 Å². The Morgan fingerprint density at radius 1 is 0.672 bits per heavy atom. The number of Topliss-reactive ketones (excluding diaryl/α,β-unsaturated/α-hetero) is 1. The highest BCUT2D eigenvalue weighted by Crippen LogP contribution is 2.42. The number of fused-ring (bicyclic) bond motifs is 2. The molecule has 64 heavy (non-hydrogen) atoms. The molecule has 0 saturated carbocycles. The Kier molecular flexibility index (Phi) is 15.1. The standard InChI is InChI=1S/C52H48N6O6/c1-4-6-24-58(25-7-5-2)40-19-15-36(16-20-40)50-51(61)49(52(50)62)35-13-17-39(18-14-35)57(3)26-27-63-45(59)22-23-46(60)64-33-34-12-21-43-44(28-34)48(38(31-55)32-56)42-11-9-8-10-41(42)47(43)37(29-53)30-54/h8-21,28,49,61H,4-7,22-27,33H2,1-3H3/p-1. The van der Waals surface area contributed by atoms with Crippen LogP contribution in [-0.2, 0) is 30.5 Å². The predicted octanol–water partition coefficient (Wildman–Crippen LogP) is 6.74. The SMILES string of the molecule is CCCCN(CCCC)c1ccc(C2=C([O-])C(c3ccc(N(C)CCOC(=O)CCC(=O)OCc4ccc5c(=C(C#N)C#N)c6ccccc6c(=C(C#N)C#N)c5c4)cc3)C2=O)cc1. The van der Waals surface area contributed by atoms with Crippen molar-refractivity contribution >= 4 is 67.4 Å². The summed E-state index contributed by atoms with van der Waals surface area (Å²) >= 11 is 0. The average Bonchev–Trinajstić information content (AvgIpc) is 3.32. The Morgan fingerprint density at radius 2 is 1.20 bits per heavy atom. The number of hydrogen-bond donors (Lipinski definition) is 0. The molecule has 0 radical (unpaired) electrons. The van der Waals surface area contributed by atoms with Crippen LogP contribution in [0.25, 0.3) is 38.3 Å². The first-order chi connectivity index (χ1) is 31.1. The number of allylic oxidation sites excluding steroid dienone is 2. The second-order valence-electron chi connectivity index (χ2n) is 15.5. The average molecular weight is 852 g/mol. The molecule has 12 nitrogen and oxygen atoms in total. The van der Waals surface area contributed by atoms with Gasteiger partial charge in [0, 0.05) is 47.5 Å². The van der Waals surface area contributed by atoms with Crippen LogP contribution in [0.1, 0.15) is 75.0 Å². The van der Waals surface area contributed by atoms with E-state index in [0.717, 1.165) is 50.1 Å². The Balaban J connectivity index is 1.00. The summed E-state index contributed by atoms with van der Waals surface area (Å²) in [6.45, 7) is 6.51. The lowest BCUT2D eigenvalue weighted by molar-refractivity contribution is -0.310. The van der Waals surface area contributed by atoms with Crippen LogP contribution in [-0.4, -0.2) is 51.0 Å². The third kappa shape index (κ3) is 9.89. The smallest absolute Gasteiger partial charge is 0.306 e. The van der Waals surface area contributed by atoms with Crippen molar-refractivity contribution in [1.29, 1.82) is 21.0 Å². The number of hydrogen-bond acceptors (Lipinski definition) is 12. The van der Waals surface area contributed by atoms with Crippen molar-refractivity contribution in [3.63, 3.8) is 0 Å². The van der Waals surface area contributed by atoms with Gasteiger partial charge in [-0.05, 0) is 81.4 Å². The van der Waals surface area contributed by atoms with Crippen LogP contribution in [0.15, 0.2) is 96.8 Å². The molecule has 322 valence electrons. The minimum atomic E-state index is -0.833. The van der Waals surface area contributed by atoms with Gasteiger partial charge in [-0.2, -0.15) is 21.0 Å². The van der Waals surface area contributed by atoms with Gasteiger partial charge in [-0.1, -0.05) is 87.4 Å². The Bertz CT molecular complexity index is 2890. The van der Waals surface area contributed by atoms with E-state index in [0.29, 0.717) is 55.2 Å². The van der Waals surface area contributed by atoms with Crippen LogP contribution in [0.4, 0.5) is 11.4 Å². The number of unbranched alkanes of at least 4 members (excludes halogenated alkanes) is 2. The lowest BCUT2D eigenvalue weighted by atomic mass is 9.75. The molecule has 6 rings (SSSR count). The van der Waals surface area contributed by atoms with E-state index in [1.165, 1.54) is 0 Å². The first-order valence-corrected chi connectivity index (χ1v) is 21.3. The summed E-state index contributed by atoms with van der Waals surface area (Å²) in [6.07, 6.45) is 3.98. The van der Waals surface area contributed by atoms with Crippen molar-refractivity contribution in [3.8, 4) is 24.3 Å². The van der Waals surface area contributed by atoms with Crippen LogP contribution in [0, 0.1) is 45.3 Å². The highest BCUT2D eigenvalue weighted by molar-refractivity contribution is 6.31. The van der Waals surface area contributed by atoms with E-state index in [1.807, 2.05) is 72.6 Å². The van der Waals surface area contributed by atoms with Crippen molar-refractivity contribution in [3.05, 3.63) is 124 Å². The van der Waals surface area contributed by atoms with Gasteiger partial charge in [-0.15, -0.1) is 5.76 Å². The Morgan fingerprint density at radius 3 is 1.75 bits per heavy atom. The molecule has 1 unspecified atom stereocenters. The molecule has 5 aromatic rings. The van der Waals surface area contributed by atoms with Gasteiger partial charge in [0.05, 0.1) is 25.3 Å². The minimum absolute atomic E-state index is 0.0506. The number of carbonyl (C=O) groups excluding carboxylic acids is 3. The minimum Gasteiger partial charge on any atom is -0.874 e. The fourth-order valence-corrected chi connectivity index (χ4v) is 7.93. The largest absolute Gasteiger partial charge is 0.874 e. The zero-order chi connectivity index (χ0) is 45.8. The Hall–Kier alpha value is -7.93. The van der Waals surface area contributed by atoms with Gasteiger partial charge in [0.15, 0.2) is 5.78 Å². The van der Waals surface area contributed by atoms with Crippen LogP contribution < -0.4 is 25.3 Å². The number of likely N-dealkylation sites (N-methyl/N-ethyl adjacent to an activating group) is 1. The number of ether oxygens (including phenoxy) is 2. The number of rotatable bonds is 18. The number of nitrogens with zero attached hydrogens (tertiary/aromatic N) is 6. The van der Waals surface area contributed by atoms with Gasteiger partial charge in [0.1, 0.15) is 48.6 Å². The molecule has 0 saturated heterocycles. The first-order valence-electron chi connectivity index (χ1n) is 21.3. The molecule has 1 aliphatic carbocycles. The maximum Gasteiger partial charge on any atom is 0.306 e. The van der Waals surface area contributed by atoms with Gasteiger partial charge >= 0.3 is 11.9 Å². The molecule has 12 heteroatoms. The maximum absolute atomic E-state index is 13.3. The van der Waals surface area contributed by atoms with Crippen molar-refractivity contribution in [2.24, 2.45) is 0 Å². The molecule has 0 N–H and O–H groups in total. The van der Waals surface area contributed by atoms with Gasteiger partial charge in [0.25, 0.3) is 0 Å². The third-order valence-corrected chi connectivity index (χ3v) is 11.4. The van der Waals surface area contributed by atoms with Crippen LogP contribution >= 0.6 is 0 Å². The zero-order valence-corrected chi connectivity index (χ0v) is 36.1. The fraction of sp³-hybridized carbons (Fsp3) is 0.288. The summed E-state index contributed by atoms with van der Waals surface area (Å²) in [6, 6.07) is 34.6. The lowest BCUT2D eigenvalue weighted by Gasteiger charge is -2.37. The van der Waals surface area contributed by atoms with E-state index in [9.17, 15) is 40.5 Å². The van der Waals surface area contributed by atoms with Crippen molar-refractivity contribution < 1.29 is 29.0 Å². The summed E-state index contributed by atoms with van der Waals surface area (Å²) in [4.78, 5) is 42.7. The quantitative estimate of drug-likeness (QED) is 0.0667. The number of benzene rings is 5. The van der Waals surface area contributed by atoms with Crippen molar-refractivity contribution in [2.75, 3.05) is 43.1 Å². The summed E-state index contributed by atoms with van der Waals surface area (Å²) < 4.78 is 10.8. The third-order valence-electron chi connectivity index (χ3n) is 11.4. The normalized spacial score (nSPS) is 12.9. The fourth-order valence-electron chi connectivity index (χ4n) is 7.93. The molecule has 0 heterocycles. The molecule has 0 spiro atoms. The highest BCUT2D eigenvalue weighted by atomic mass is 16.5. The molecule has 0 amide bonds. The topological polar surface area (TPSA) is 194 Å². The summed E-state index contributed by atoms with van der Waals surface area (Å²) in [7, 11) is 1.82. The zero-order valence-electron chi connectivity index (χ0n) is 36.1. The highest BCUT2D eigenvalue weighted by Gasteiger charge is 2.35. The van der Waals surface area contributed by atoms with Crippen LogP contribution in [0.3, 0.4) is 0 Å².